The summed E-state index contributed by atoms with van der Waals surface area (Å²) in [7, 11) is 1.26. The summed E-state index contributed by atoms with van der Waals surface area (Å²) in [6.45, 7) is 0.113. The number of carbonyl (C=O) groups is 1. The Kier molecular flexibility index (Phi) is 4.92. The van der Waals surface area contributed by atoms with E-state index in [0.717, 1.165) is 6.42 Å². The average molecular weight is 226 g/mol. The van der Waals surface area contributed by atoms with E-state index in [0.29, 0.717) is 18.4 Å². The molecule has 0 saturated carbocycles. The summed E-state index contributed by atoms with van der Waals surface area (Å²) in [5.41, 5.74) is 0.770. The number of halogens is 1. The maximum Gasteiger partial charge on any atom is 0.337 e. The second-order valence-electron chi connectivity index (χ2n) is 3.48. The first kappa shape index (κ1) is 12.6. The van der Waals surface area contributed by atoms with Crippen LogP contribution < -0.4 is 0 Å². The minimum atomic E-state index is -0.541. The molecule has 0 spiro atoms. The molecule has 0 saturated heterocycles. The second-order valence-corrected chi connectivity index (χ2v) is 3.48. The van der Waals surface area contributed by atoms with Gasteiger partial charge in [-0.3, -0.25) is 0 Å². The second kappa shape index (κ2) is 6.23. The fourth-order valence-corrected chi connectivity index (χ4v) is 1.42. The van der Waals surface area contributed by atoms with E-state index < -0.39 is 11.8 Å². The number of hydrogen-bond acceptors (Lipinski definition) is 3. The van der Waals surface area contributed by atoms with Gasteiger partial charge in [-0.1, -0.05) is 6.07 Å². The van der Waals surface area contributed by atoms with Crippen LogP contribution in [0.5, 0.6) is 0 Å². The fraction of sp³-hybridized carbons (Fsp3) is 0.417. The number of aliphatic hydroxyl groups excluding tert-OH is 1. The summed E-state index contributed by atoms with van der Waals surface area (Å²) in [6.07, 6.45) is 1.94. The number of unbranched alkanes of at least 4 members (excludes halogenated alkanes) is 1. The third-order valence-corrected chi connectivity index (χ3v) is 2.33. The molecule has 0 heterocycles. The van der Waals surface area contributed by atoms with E-state index in [1.165, 1.54) is 13.2 Å². The van der Waals surface area contributed by atoms with Crippen molar-refractivity contribution >= 4 is 5.97 Å². The maximum absolute atomic E-state index is 13.5. The molecule has 1 aromatic rings. The molecule has 0 amide bonds. The lowest BCUT2D eigenvalue weighted by Gasteiger charge is -2.04. The number of benzene rings is 1. The van der Waals surface area contributed by atoms with Crippen LogP contribution in [0.4, 0.5) is 4.39 Å². The highest BCUT2D eigenvalue weighted by molar-refractivity contribution is 5.89. The van der Waals surface area contributed by atoms with Crippen LogP contribution in [0.2, 0.25) is 0 Å². The summed E-state index contributed by atoms with van der Waals surface area (Å²) in [4.78, 5) is 11.1. The molecule has 0 bridgehead atoms. The van der Waals surface area contributed by atoms with E-state index in [1.807, 2.05) is 0 Å². The fourth-order valence-electron chi connectivity index (χ4n) is 1.42. The zero-order chi connectivity index (χ0) is 12.0. The highest BCUT2D eigenvalue weighted by Crippen LogP contribution is 2.13. The van der Waals surface area contributed by atoms with E-state index in [1.54, 1.807) is 12.1 Å². The molecule has 0 aliphatic carbocycles. The smallest absolute Gasteiger partial charge is 0.337 e. The summed E-state index contributed by atoms with van der Waals surface area (Å²) in [5.74, 6) is -0.943. The van der Waals surface area contributed by atoms with Crippen molar-refractivity contribution in [3.05, 3.63) is 35.1 Å². The lowest BCUT2D eigenvalue weighted by molar-refractivity contribution is 0.0600. The van der Waals surface area contributed by atoms with E-state index in [2.05, 4.69) is 4.74 Å². The molecule has 0 radical (unpaired) electrons. The predicted octanol–water partition coefficient (Wildman–Crippen LogP) is 1.93. The van der Waals surface area contributed by atoms with Gasteiger partial charge < -0.3 is 9.84 Å². The molecule has 0 aliphatic heterocycles. The Morgan fingerprint density at radius 2 is 2.19 bits per heavy atom. The third-order valence-electron chi connectivity index (χ3n) is 2.33. The molecular weight excluding hydrogens is 211 g/mol. The largest absolute Gasteiger partial charge is 0.465 e. The van der Waals surface area contributed by atoms with Crippen molar-refractivity contribution in [1.29, 1.82) is 0 Å². The number of carbonyl (C=O) groups excluding carboxylic acids is 1. The highest BCUT2D eigenvalue weighted by Gasteiger charge is 2.09. The Bertz CT molecular complexity index is 363. The molecule has 1 aromatic carbocycles. The molecule has 0 unspecified atom stereocenters. The van der Waals surface area contributed by atoms with Gasteiger partial charge in [0.2, 0.25) is 0 Å². The number of ether oxygens (including phenoxy) is 1. The van der Waals surface area contributed by atoms with Gasteiger partial charge in [0.15, 0.2) is 0 Å². The van der Waals surface area contributed by atoms with Crippen molar-refractivity contribution in [2.45, 2.75) is 19.3 Å². The van der Waals surface area contributed by atoms with E-state index in [4.69, 9.17) is 5.11 Å². The Balaban J connectivity index is 2.71. The van der Waals surface area contributed by atoms with Crippen molar-refractivity contribution in [3.63, 3.8) is 0 Å². The molecule has 0 atom stereocenters. The van der Waals surface area contributed by atoms with E-state index in [9.17, 15) is 9.18 Å². The molecular formula is C12H15FO3. The Morgan fingerprint density at radius 1 is 1.44 bits per heavy atom. The lowest BCUT2D eigenvalue weighted by atomic mass is 10.1. The minimum absolute atomic E-state index is 0.113. The van der Waals surface area contributed by atoms with Crippen molar-refractivity contribution in [2.75, 3.05) is 13.7 Å². The molecule has 16 heavy (non-hydrogen) atoms. The summed E-state index contributed by atoms with van der Waals surface area (Å²) >= 11 is 0. The van der Waals surface area contributed by atoms with Crippen LogP contribution >= 0.6 is 0 Å². The SMILES string of the molecule is COC(=O)c1ccc(CCCCO)c(F)c1. The quantitative estimate of drug-likeness (QED) is 0.616. The Labute approximate surface area is 93.9 Å². The molecule has 3 nitrogen and oxygen atoms in total. The van der Waals surface area contributed by atoms with Gasteiger partial charge in [0.25, 0.3) is 0 Å². The molecule has 4 heteroatoms. The van der Waals surface area contributed by atoms with Gasteiger partial charge >= 0.3 is 5.97 Å². The van der Waals surface area contributed by atoms with Crippen molar-refractivity contribution in [1.82, 2.24) is 0 Å². The Hall–Kier alpha value is -1.42. The number of rotatable bonds is 5. The Morgan fingerprint density at radius 3 is 2.75 bits per heavy atom. The van der Waals surface area contributed by atoms with Crippen molar-refractivity contribution in [2.24, 2.45) is 0 Å². The van der Waals surface area contributed by atoms with Gasteiger partial charge in [-0.2, -0.15) is 0 Å². The monoisotopic (exact) mass is 226 g/mol. The van der Waals surface area contributed by atoms with E-state index in [-0.39, 0.29) is 12.2 Å². The minimum Gasteiger partial charge on any atom is -0.465 e. The van der Waals surface area contributed by atoms with Gasteiger partial charge in [-0.25, -0.2) is 9.18 Å². The molecule has 0 fully saturated rings. The van der Waals surface area contributed by atoms with Gasteiger partial charge in [-0.05, 0) is 37.0 Å². The number of aliphatic hydroxyl groups is 1. The summed E-state index contributed by atoms with van der Waals surface area (Å²) in [5, 5.41) is 8.61. The van der Waals surface area contributed by atoms with Gasteiger partial charge in [0.1, 0.15) is 5.82 Å². The first-order chi connectivity index (χ1) is 7.69. The van der Waals surface area contributed by atoms with Crippen LogP contribution in [0.3, 0.4) is 0 Å². The highest BCUT2D eigenvalue weighted by atomic mass is 19.1. The predicted molar refractivity (Wildman–Crippen MR) is 57.8 cm³/mol. The number of esters is 1. The summed E-state index contributed by atoms with van der Waals surface area (Å²) in [6, 6.07) is 4.31. The zero-order valence-electron chi connectivity index (χ0n) is 9.20. The number of hydrogen-bond donors (Lipinski definition) is 1. The van der Waals surface area contributed by atoms with Crippen LogP contribution in [0, 0.1) is 5.82 Å². The van der Waals surface area contributed by atoms with Crippen molar-refractivity contribution in [3.8, 4) is 0 Å². The molecule has 1 rings (SSSR count). The maximum atomic E-state index is 13.5. The topological polar surface area (TPSA) is 46.5 Å². The van der Waals surface area contributed by atoms with Crippen LogP contribution in [-0.4, -0.2) is 24.8 Å². The first-order valence-corrected chi connectivity index (χ1v) is 5.16. The van der Waals surface area contributed by atoms with Gasteiger partial charge in [0, 0.05) is 6.61 Å². The first-order valence-electron chi connectivity index (χ1n) is 5.16. The van der Waals surface area contributed by atoms with Crippen LogP contribution in [-0.2, 0) is 11.2 Å². The van der Waals surface area contributed by atoms with Crippen LogP contribution in [0.15, 0.2) is 18.2 Å². The van der Waals surface area contributed by atoms with E-state index >= 15 is 0 Å². The molecule has 0 aliphatic rings. The molecule has 88 valence electrons. The summed E-state index contributed by atoms with van der Waals surface area (Å²) < 4.78 is 18.0. The standard InChI is InChI=1S/C12H15FO3/c1-16-12(15)10-6-5-9(11(13)8-10)4-2-3-7-14/h5-6,8,14H,2-4,7H2,1H3. The van der Waals surface area contributed by atoms with Crippen molar-refractivity contribution < 1.29 is 19.0 Å². The van der Waals surface area contributed by atoms with Crippen LogP contribution in [0.25, 0.3) is 0 Å². The molecule has 1 N–H and O–H groups in total. The lowest BCUT2D eigenvalue weighted by Crippen LogP contribution is -2.03. The number of aryl methyl sites for hydroxylation is 1. The van der Waals surface area contributed by atoms with Gasteiger partial charge in [0.05, 0.1) is 12.7 Å². The number of methoxy groups -OCH3 is 1. The normalized spacial score (nSPS) is 10.2. The zero-order valence-corrected chi connectivity index (χ0v) is 9.20. The average Bonchev–Trinajstić information content (AvgIpc) is 2.30. The van der Waals surface area contributed by atoms with Gasteiger partial charge in [-0.15, -0.1) is 0 Å². The molecule has 0 aromatic heterocycles. The van der Waals surface area contributed by atoms with Crippen LogP contribution in [0.1, 0.15) is 28.8 Å². The third kappa shape index (κ3) is 3.31.